The summed E-state index contributed by atoms with van der Waals surface area (Å²) in [5.74, 6) is 0. The summed E-state index contributed by atoms with van der Waals surface area (Å²) >= 11 is 0. The number of rotatable bonds is 4. The first kappa shape index (κ1) is 13.4. The normalized spacial score (nSPS) is 20.9. The molecule has 1 aromatic carbocycles. The second kappa shape index (κ2) is 6.24. The van der Waals surface area contributed by atoms with Crippen LogP contribution in [0.25, 0.3) is 0 Å². The molecular formula is C16H26N2. The summed E-state index contributed by atoms with van der Waals surface area (Å²) in [6, 6.07) is 7.27. The van der Waals surface area contributed by atoms with Crippen molar-refractivity contribution in [3.63, 3.8) is 0 Å². The van der Waals surface area contributed by atoms with Crippen LogP contribution < -0.4 is 5.32 Å². The third-order valence-corrected chi connectivity index (χ3v) is 4.32. The molecule has 2 rings (SSSR count). The van der Waals surface area contributed by atoms with E-state index < -0.39 is 0 Å². The van der Waals surface area contributed by atoms with E-state index in [4.69, 9.17) is 0 Å². The molecule has 1 aromatic rings. The van der Waals surface area contributed by atoms with Gasteiger partial charge in [0.1, 0.15) is 0 Å². The van der Waals surface area contributed by atoms with E-state index in [1.807, 2.05) is 0 Å². The summed E-state index contributed by atoms with van der Waals surface area (Å²) in [5.41, 5.74) is 4.05. The van der Waals surface area contributed by atoms with Crippen molar-refractivity contribution in [1.29, 1.82) is 0 Å². The van der Waals surface area contributed by atoms with Crippen molar-refractivity contribution in [2.75, 3.05) is 25.5 Å². The maximum atomic E-state index is 3.59. The fraction of sp³-hybridized carbons (Fsp3) is 0.625. The minimum Gasteiger partial charge on any atom is -0.385 e. The Morgan fingerprint density at radius 1 is 1.28 bits per heavy atom. The van der Waals surface area contributed by atoms with E-state index in [0.717, 1.165) is 12.6 Å². The molecule has 0 bridgehead atoms. The molecule has 1 heterocycles. The lowest BCUT2D eigenvalue weighted by Crippen LogP contribution is -2.37. The van der Waals surface area contributed by atoms with Gasteiger partial charge in [-0.1, -0.05) is 18.6 Å². The molecule has 1 fully saturated rings. The van der Waals surface area contributed by atoms with Crippen LogP contribution in [0.2, 0.25) is 0 Å². The van der Waals surface area contributed by atoms with Crippen LogP contribution in [0.15, 0.2) is 18.2 Å². The molecule has 1 unspecified atom stereocenters. The number of aryl methyl sites for hydroxylation is 1. The number of nitrogens with zero attached hydrogens (tertiary/aromatic N) is 1. The van der Waals surface area contributed by atoms with Gasteiger partial charge in [0.25, 0.3) is 0 Å². The second-order valence-electron chi connectivity index (χ2n) is 5.59. The lowest BCUT2D eigenvalue weighted by atomic mass is 10.00. The maximum absolute atomic E-state index is 3.59. The van der Waals surface area contributed by atoms with E-state index in [2.05, 4.69) is 49.3 Å². The molecular weight excluding hydrogens is 220 g/mol. The Hall–Kier alpha value is -1.02. The zero-order valence-electron chi connectivity index (χ0n) is 12.0. The van der Waals surface area contributed by atoms with Gasteiger partial charge in [0.05, 0.1) is 0 Å². The summed E-state index contributed by atoms with van der Waals surface area (Å²) in [5, 5.41) is 3.59. The molecule has 1 N–H and O–H groups in total. The standard InChI is InChI=1S/C16H26N2/c1-13-7-6-9-16(14(13)2)17-11-10-15-8-4-5-12-18(15)3/h6-7,9,15,17H,4-5,8,10-12H2,1-3H3. The number of anilines is 1. The van der Waals surface area contributed by atoms with Gasteiger partial charge >= 0.3 is 0 Å². The fourth-order valence-corrected chi connectivity index (χ4v) is 2.82. The predicted molar refractivity (Wildman–Crippen MR) is 79.3 cm³/mol. The van der Waals surface area contributed by atoms with Crippen molar-refractivity contribution in [2.45, 2.75) is 45.6 Å². The fourth-order valence-electron chi connectivity index (χ4n) is 2.82. The van der Waals surface area contributed by atoms with Gasteiger partial charge in [-0.15, -0.1) is 0 Å². The maximum Gasteiger partial charge on any atom is 0.0372 e. The Morgan fingerprint density at radius 3 is 2.89 bits per heavy atom. The molecule has 2 nitrogen and oxygen atoms in total. The van der Waals surface area contributed by atoms with Crippen molar-refractivity contribution >= 4 is 5.69 Å². The topological polar surface area (TPSA) is 15.3 Å². The molecule has 0 spiro atoms. The summed E-state index contributed by atoms with van der Waals surface area (Å²) < 4.78 is 0. The zero-order valence-corrected chi connectivity index (χ0v) is 12.0. The van der Waals surface area contributed by atoms with Crippen LogP contribution in [-0.2, 0) is 0 Å². The number of benzene rings is 1. The minimum absolute atomic E-state index is 0.774. The summed E-state index contributed by atoms with van der Waals surface area (Å²) in [6.07, 6.45) is 5.39. The summed E-state index contributed by atoms with van der Waals surface area (Å²) in [4.78, 5) is 2.52. The Bertz CT molecular complexity index is 387. The molecule has 1 saturated heterocycles. The van der Waals surface area contributed by atoms with Crippen LogP contribution in [0.5, 0.6) is 0 Å². The molecule has 0 radical (unpaired) electrons. The monoisotopic (exact) mass is 246 g/mol. The minimum atomic E-state index is 0.774. The van der Waals surface area contributed by atoms with Gasteiger partial charge in [0.2, 0.25) is 0 Å². The number of hydrogen-bond acceptors (Lipinski definition) is 2. The van der Waals surface area contributed by atoms with Gasteiger partial charge in [0.15, 0.2) is 0 Å². The number of likely N-dealkylation sites (tertiary alicyclic amines) is 1. The zero-order chi connectivity index (χ0) is 13.0. The van der Waals surface area contributed by atoms with Gasteiger partial charge in [-0.25, -0.2) is 0 Å². The average molecular weight is 246 g/mol. The lowest BCUT2D eigenvalue weighted by molar-refractivity contribution is 0.179. The van der Waals surface area contributed by atoms with Crippen LogP contribution in [-0.4, -0.2) is 31.1 Å². The van der Waals surface area contributed by atoms with Crippen LogP contribution in [0.3, 0.4) is 0 Å². The molecule has 0 saturated carbocycles. The Morgan fingerprint density at radius 2 is 2.11 bits per heavy atom. The van der Waals surface area contributed by atoms with Crippen LogP contribution >= 0.6 is 0 Å². The molecule has 1 atom stereocenters. The van der Waals surface area contributed by atoms with Gasteiger partial charge in [-0.05, 0) is 63.9 Å². The molecule has 18 heavy (non-hydrogen) atoms. The first-order chi connectivity index (χ1) is 8.68. The van der Waals surface area contributed by atoms with E-state index in [-0.39, 0.29) is 0 Å². The predicted octanol–water partition coefficient (Wildman–Crippen LogP) is 3.59. The molecule has 100 valence electrons. The summed E-state index contributed by atoms with van der Waals surface area (Å²) in [6.45, 7) is 6.73. The highest BCUT2D eigenvalue weighted by atomic mass is 15.1. The Labute approximate surface area is 111 Å². The van der Waals surface area contributed by atoms with Gasteiger partial charge in [0, 0.05) is 18.3 Å². The number of hydrogen-bond donors (Lipinski definition) is 1. The van der Waals surface area contributed by atoms with Crippen molar-refractivity contribution < 1.29 is 0 Å². The van der Waals surface area contributed by atoms with Gasteiger partial charge in [-0.2, -0.15) is 0 Å². The number of piperidine rings is 1. The Balaban J connectivity index is 1.83. The van der Waals surface area contributed by atoms with Crippen molar-refractivity contribution in [3.05, 3.63) is 29.3 Å². The average Bonchev–Trinajstić information content (AvgIpc) is 2.37. The van der Waals surface area contributed by atoms with Gasteiger partial charge < -0.3 is 10.2 Å². The van der Waals surface area contributed by atoms with Crippen LogP contribution in [0.1, 0.15) is 36.8 Å². The second-order valence-corrected chi connectivity index (χ2v) is 5.59. The molecule has 0 aliphatic carbocycles. The van der Waals surface area contributed by atoms with E-state index >= 15 is 0 Å². The largest absolute Gasteiger partial charge is 0.385 e. The van der Waals surface area contributed by atoms with Gasteiger partial charge in [-0.3, -0.25) is 0 Å². The molecule has 0 amide bonds. The number of nitrogens with one attached hydrogen (secondary N) is 1. The molecule has 1 aliphatic rings. The van der Waals surface area contributed by atoms with Crippen molar-refractivity contribution in [2.24, 2.45) is 0 Å². The van der Waals surface area contributed by atoms with E-state index in [1.165, 1.54) is 49.0 Å². The van der Waals surface area contributed by atoms with Crippen LogP contribution in [0.4, 0.5) is 5.69 Å². The highest BCUT2D eigenvalue weighted by molar-refractivity contribution is 5.53. The summed E-state index contributed by atoms with van der Waals surface area (Å²) in [7, 11) is 2.27. The van der Waals surface area contributed by atoms with Crippen LogP contribution in [0, 0.1) is 13.8 Å². The van der Waals surface area contributed by atoms with Crippen molar-refractivity contribution in [1.82, 2.24) is 4.90 Å². The van der Waals surface area contributed by atoms with Crippen molar-refractivity contribution in [3.8, 4) is 0 Å². The highest BCUT2D eigenvalue weighted by Gasteiger charge is 2.17. The Kier molecular flexibility index (Phi) is 4.65. The first-order valence-corrected chi connectivity index (χ1v) is 7.19. The van der Waals surface area contributed by atoms with E-state index in [0.29, 0.717) is 0 Å². The van der Waals surface area contributed by atoms with E-state index in [1.54, 1.807) is 0 Å². The third-order valence-electron chi connectivity index (χ3n) is 4.32. The first-order valence-electron chi connectivity index (χ1n) is 7.19. The SMILES string of the molecule is Cc1cccc(NCCC2CCCCN2C)c1C. The molecule has 2 heteroatoms. The molecule has 1 aliphatic heterocycles. The third kappa shape index (κ3) is 3.26. The molecule has 0 aromatic heterocycles. The quantitative estimate of drug-likeness (QED) is 0.873. The lowest BCUT2D eigenvalue weighted by Gasteiger charge is -2.32. The highest BCUT2D eigenvalue weighted by Crippen LogP contribution is 2.20. The smallest absolute Gasteiger partial charge is 0.0372 e. The van der Waals surface area contributed by atoms with E-state index in [9.17, 15) is 0 Å².